The highest BCUT2D eigenvalue weighted by Crippen LogP contribution is 2.73. The Labute approximate surface area is 353 Å². The van der Waals surface area contributed by atoms with Gasteiger partial charge < -0.3 is 4.90 Å². The molecule has 7 unspecified atom stereocenters. The molecule has 1 nitrogen and oxygen atoms in total. The van der Waals surface area contributed by atoms with Crippen LogP contribution in [0.5, 0.6) is 0 Å². The fourth-order valence-corrected chi connectivity index (χ4v) is 13.5. The highest BCUT2D eigenvalue weighted by atomic mass is 15.1. The van der Waals surface area contributed by atoms with E-state index >= 15 is 0 Å². The van der Waals surface area contributed by atoms with Gasteiger partial charge in [0.1, 0.15) is 0 Å². The molecule has 288 valence electrons. The van der Waals surface area contributed by atoms with Crippen molar-refractivity contribution in [1.82, 2.24) is 0 Å². The molecule has 0 saturated heterocycles. The van der Waals surface area contributed by atoms with Crippen molar-refractivity contribution in [3.63, 3.8) is 0 Å². The third-order valence-corrected chi connectivity index (χ3v) is 15.7. The Morgan fingerprint density at radius 1 is 0.517 bits per heavy atom. The first-order chi connectivity index (χ1) is 29.7. The number of allylic oxidation sites excluding steroid dienone is 8. The lowest BCUT2D eigenvalue weighted by molar-refractivity contribution is 0.191. The second-order valence-corrected chi connectivity index (χ2v) is 18.4. The monoisotopic (exact) mass is 769 g/mol. The van der Waals surface area contributed by atoms with Crippen molar-refractivity contribution in [2.45, 2.75) is 37.0 Å². The van der Waals surface area contributed by atoms with Gasteiger partial charge in [-0.1, -0.05) is 170 Å². The van der Waals surface area contributed by atoms with Crippen LogP contribution < -0.4 is 4.90 Å². The van der Waals surface area contributed by atoms with Crippen molar-refractivity contribution >= 4 is 33.4 Å². The Morgan fingerprint density at radius 2 is 1.28 bits per heavy atom. The van der Waals surface area contributed by atoms with E-state index in [0.29, 0.717) is 0 Å². The number of benzene rings is 7. The van der Waals surface area contributed by atoms with Gasteiger partial charge in [0.25, 0.3) is 0 Å². The Hall–Kier alpha value is -6.44. The maximum absolute atomic E-state index is 2.65. The molecule has 1 heteroatoms. The van der Waals surface area contributed by atoms with Crippen LogP contribution in [0, 0.1) is 29.6 Å². The standard InChI is InChI=1S/C59H47N/c1-2-15-40(16-3-1)48-23-12-18-41-19-13-24-52(58(41)48)51-22-8-11-27-57(51)60(46-30-28-39-14-4-5-17-42(39)36-46)56-26-10-7-20-47(56)43-29-31-50-49-21-6-9-25-53(49)59(55(50)37-43)45-33-38-32-44(35-45)54(59)34-38/h1-31,36-38,44-45,52,54,58H,32-35H2. The summed E-state index contributed by atoms with van der Waals surface area (Å²) in [4.78, 5) is 2.57. The van der Waals surface area contributed by atoms with Crippen LogP contribution in [-0.2, 0) is 5.41 Å². The molecule has 0 aliphatic heterocycles. The second-order valence-electron chi connectivity index (χ2n) is 18.4. The number of hydrogen-bond acceptors (Lipinski definition) is 1. The molecule has 0 N–H and O–H groups in total. The van der Waals surface area contributed by atoms with Crippen LogP contribution in [-0.4, -0.2) is 0 Å². The molecule has 4 saturated carbocycles. The van der Waals surface area contributed by atoms with Crippen molar-refractivity contribution in [2.75, 3.05) is 4.90 Å². The lowest BCUT2D eigenvalue weighted by Crippen LogP contribution is -2.40. The average Bonchev–Trinajstić information content (AvgIpc) is 3.86. The van der Waals surface area contributed by atoms with Gasteiger partial charge in [-0.2, -0.15) is 0 Å². The molecule has 0 heterocycles. The zero-order valence-corrected chi connectivity index (χ0v) is 33.8. The van der Waals surface area contributed by atoms with Crippen molar-refractivity contribution in [1.29, 1.82) is 0 Å². The quantitative estimate of drug-likeness (QED) is 0.163. The van der Waals surface area contributed by atoms with E-state index in [1.807, 2.05) is 0 Å². The normalized spacial score (nSPS) is 26.2. The van der Waals surface area contributed by atoms with Crippen molar-refractivity contribution in [3.8, 4) is 22.3 Å². The molecular formula is C59H47N. The average molecular weight is 770 g/mol. The number of hydrogen-bond donors (Lipinski definition) is 0. The summed E-state index contributed by atoms with van der Waals surface area (Å²) in [6.07, 6.45) is 19.5. The third kappa shape index (κ3) is 4.93. The minimum Gasteiger partial charge on any atom is -0.310 e. The van der Waals surface area contributed by atoms with E-state index in [9.17, 15) is 0 Å². The zero-order valence-electron chi connectivity index (χ0n) is 33.8. The minimum absolute atomic E-state index is 0.135. The van der Waals surface area contributed by atoms with Gasteiger partial charge in [-0.15, -0.1) is 0 Å². The Kier molecular flexibility index (Phi) is 7.62. The van der Waals surface area contributed by atoms with E-state index in [0.717, 1.165) is 23.7 Å². The van der Waals surface area contributed by atoms with Gasteiger partial charge >= 0.3 is 0 Å². The predicted molar refractivity (Wildman–Crippen MR) is 250 cm³/mol. The first-order valence-electron chi connectivity index (χ1n) is 22.3. The number of rotatable bonds is 6. The van der Waals surface area contributed by atoms with Crippen LogP contribution >= 0.6 is 0 Å². The summed E-state index contributed by atoms with van der Waals surface area (Å²) in [5.74, 6) is 3.62. The van der Waals surface area contributed by atoms with Gasteiger partial charge in [-0.05, 0) is 141 Å². The molecule has 0 aromatic heterocycles. The van der Waals surface area contributed by atoms with Gasteiger partial charge in [0.05, 0.1) is 5.69 Å². The van der Waals surface area contributed by atoms with Crippen molar-refractivity contribution < 1.29 is 0 Å². The van der Waals surface area contributed by atoms with Crippen LogP contribution in [0.15, 0.2) is 206 Å². The summed E-state index contributed by atoms with van der Waals surface area (Å²) < 4.78 is 0. The zero-order chi connectivity index (χ0) is 39.4. The molecule has 7 aromatic carbocycles. The summed E-state index contributed by atoms with van der Waals surface area (Å²) in [6.45, 7) is 0. The van der Waals surface area contributed by atoms with E-state index in [2.05, 4.69) is 205 Å². The van der Waals surface area contributed by atoms with Gasteiger partial charge in [0.15, 0.2) is 0 Å². The van der Waals surface area contributed by atoms with Crippen molar-refractivity contribution in [2.24, 2.45) is 29.6 Å². The van der Waals surface area contributed by atoms with E-state index in [-0.39, 0.29) is 17.3 Å². The van der Waals surface area contributed by atoms with E-state index in [4.69, 9.17) is 0 Å². The molecule has 0 amide bonds. The van der Waals surface area contributed by atoms with Gasteiger partial charge in [-0.25, -0.2) is 0 Å². The molecule has 14 rings (SSSR count). The number of para-hydroxylation sites is 2. The lowest BCUT2D eigenvalue weighted by atomic mass is 9.59. The van der Waals surface area contributed by atoms with Crippen LogP contribution in [0.4, 0.5) is 17.1 Å². The summed E-state index contributed by atoms with van der Waals surface area (Å²) in [6, 6.07) is 62.2. The molecular weight excluding hydrogens is 723 g/mol. The molecule has 4 bridgehead atoms. The topological polar surface area (TPSA) is 3.24 Å². The van der Waals surface area contributed by atoms with E-state index < -0.39 is 0 Å². The first-order valence-corrected chi connectivity index (χ1v) is 22.3. The van der Waals surface area contributed by atoms with Crippen LogP contribution in [0.25, 0.3) is 38.6 Å². The molecule has 7 aliphatic carbocycles. The van der Waals surface area contributed by atoms with Gasteiger partial charge in [0, 0.05) is 34.2 Å². The Morgan fingerprint density at radius 3 is 2.18 bits per heavy atom. The lowest BCUT2D eigenvalue weighted by Gasteiger charge is -2.44. The maximum Gasteiger partial charge on any atom is 0.0540 e. The smallest absolute Gasteiger partial charge is 0.0540 e. The number of fused-ring (bicyclic) bond motifs is 5. The molecule has 60 heavy (non-hydrogen) atoms. The van der Waals surface area contributed by atoms with E-state index in [1.54, 1.807) is 11.1 Å². The molecule has 0 radical (unpaired) electrons. The molecule has 7 aliphatic rings. The summed E-state index contributed by atoms with van der Waals surface area (Å²) in [5, 5.41) is 2.50. The fourth-order valence-electron chi connectivity index (χ4n) is 13.5. The van der Waals surface area contributed by atoms with Gasteiger partial charge in [-0.3, -0.25) is 0 Å². The molecule has 1 spiro atoms. The predicted octanol–water partition coefficient (Wildman–Crippen LogP) is 15.2. The van der Waals surface area contributed by atoms with Gasteiger partial charge in [0.2, 0.25) is 0 Å². The minimum atomic E-state index is 0.135. The van der Waals surface area contributed by atoms with Crippen LogP contribution in [0.1, 0.15) is 53.9 Å². The summed E-state index contributed by atoms with van der Waals surface area (Å²) in [7, 11) is 0. The number of anilines is 3. The largest absolute Gasteiger partial charge is 0.310 e. The highest BCUT2D eigenvalue weighted by molar-refractivity contribution is 5.95. The number of nitrogens with zero attached hydrogens (tertiary/aromatic N) is 1. The van der Waals surface area contributed by atoms with Crippen LogP contribution in [0.2, 0.25) is 0 Å². The van der Waals surface area contributed by atoms with Crippen LogP contribution in [0.3, 0.4) is 0 Å². The Balaban J connectivity index is 1.00. The first kappa shape index (κ1) is 34.4. The second kappa shape index (κ2) is 13.3. The molecule has 7 atom stereocenters. The van der Waals surface area contributed by atoms with Crippen molar-refractivity contribution in [3.05, 3.63) is 228 Å². The fraction of sp³-hybridized carbons (Fsp3) is 0.186. The third-order valence-electron chi connectivity index (χ3n) is 15.7. The Bertz CT molecular complexity index is 2990. The maximum atomic E-state index is 2.65. The van der Waals surface area contributed by atoms with E-state index in [1.165, 1.54) is 98.0 Å². The molecule has 7 aromatic rings. The summed E-state index contributed by atoms with van der Waals surface area (Å²) in [5.41, 5.74) is 17.8. The molecule has 4 fully saturated rings. The SMILES string of the molecule is C1=CC2=CC=CC(c3ccccc3N(c3ccc4ccccc4c3)c3ccccc3-c3ccc4c(c3)C3(c5ccccc5-4)C4CC5CC(C4)C3C5)C2C(c2ccccc2)=C1. The highest BCUT2D eigenvalue weighted by Gasteiger charge is 2.66. The summed E-state index contributed by atoms with van der Waals surface area (Å²) >= 11 is 0.